The predicted octanol–water partition coefficient (Wildman–Crippen LogP) is 1.24. The van der Waals surface area contributed by atoms with Gasteiger partial charge in [-0.05, 0) is 24.5 Å². The van der Waals surface area contributed by atoms with Gasteiger partial charge in [-0.25, -0.2) is 13.2 Å². The summed E-state index contributed by atoms with van der Waals surface area (Å²) in [5.74, 6) is 0.453. The Kier molecular flexibility index (Phi) is 3.86. The first-order valence-electron chi connectivity index (χ1n) is 5.85. The second-order valence-corrected chi connectivity index (χ2v) is 6.70. The minimum Gasteiger partial charge on any atom is -0.338 e. The molecule has 0 bridgehead atoms. The van der Waals surface area contributed by atoms with Crippen molar-refractivity contribution in [1.82, 2.24) is 5.32 Å². The van der Waals surface area contributed by atoms with Crippen LogP contribution in [0.1, 0.15) is 6.42 Å². The number of urea groups is 1. The molecule has 1 saturated heterocycles. The number of carbonyl (C=O) groups excluding carboxylic acids is 1. The van der Waals surface area contributed by atoms with Crippen LogP contribution in [0.4, 0.5) is 10.5 Å². The molecule has 1 aliphatic heterocycles. The molecular formula is C12H16N2O3S. The van der Waals surface area contributed by atoms with Gasteiger partial charge >= 0.3 is 6.03 Å². The van der Waals surface area contributed by atoms with Gasteiger partial charge in [0.05, 0.1) is 11.5 Å². The Balaban J connectivity index is 1.76. The zero-order chi connectivity index (χ0) is 13.0. The van der Waals surface area contributed by atoms with Crippen molar-refractivity contribution in [3.05, 3.63) is 30.3 Å². The van der Waals surface area contributed by atoms with Crippen molar-refractivity contribution in [2.75, 3.05) is 23.4 Å². The fourth-order valence-electron chi connectivity index (χ4n) is 1.97. The summed E-state index contributed by atoms with van der Waals surface area (Å²) in [5.41, 5.74) is 0.717. The maximum Gasteiger partial charge on any atom is 0.319 e. The molecule has 1 aromatic carbocycles. The first kappa shape index (κ1) is 12.9. The SMILES string of the molecule is O=C(NC[C@@H]1CCS(=O)(=O)C1)Nc1ccccc1. The molecule has 0 saturated carbocycles. The van der Waals surface area contributed by atoms with Gasteiger partial charge in [-0.2, -0.15) is 0 Å². The monoisotopic (exact) mass is 268 g/mol. The fourth-order valence-corrected chi connectivity index (χ4v) is 3.83. The summed E-state index contributed by atoms with van der Waals surface area (Å²) in [6.45, 7) is 0.401. The standard InChI is InChI=1S/C12H16N2O3S/c15-12(14-11-4-2-1-3-5-11)13-8-10-6-7-18(16,17)9-10/h1-5,10H,6-9H2,(H2,13,14,15)/t10-/m0/s1. The van der Waals surface area contributed by atoms with Gasteiger partial charge in [-0.15, -0.1) is 0 Å². The molecule has 1 aliphatic rings. The molecular weight excluding hydrogens is 252 g/mol. The van der Waals surface area contributed by atoms with Gasteiger partial charge in [0.1, 0.15) is 0 Å². The average Bonchev–Trinajstić information content (AvgIpc) is 2.68. The normalized spacial score (nSPS) is 21.4. The van der Waals surface area contributed by atoms with Crippen molar-refractivity contribution in [2.24, 2.45) is 5.92 Å². The number of hydrogen-bond acceptors (Lipinski definition) is 3. The number of carbonyl (C=O) groups is 1. The molecule has 0 aliphatic carbocycles. The van der Waals surface area contributed by atoms with Gasteiger partial charge in [-0.3, -0.25) is 0 Å². The minimum atomic E-state index is -2.87. The zero-order valence-electron chi connectivity index (χ0n) is 9.93. The Labute approximate surface area is 107 Å². The Bertz CT molecular complexity index is 513. The van der Waals surface area contributed by atoms with Gasteiger partial charge in [0.15, 0.2) is 9.84 Å². The lowest BCUT2D eigenvalue weighted by molar-refractivity contribution is 0.250. The quantitative estimate of drug-likeness (QED) is 0.866. The molecule has 0 aromatic heterocycles. The van der Waals surface area contributed by atoms with Crippen LogP contribution >= 0.6 is 0 Å². The van der Waals surface area contributed by atoms with E-state index < -0.39 is 9.84 Å². The van der Waals surface area contributed by atoms with Crippen LogP contribution in [0, 0.1) is 5.92 Å². The van der Waals surface area contributed by atoms with Crippen LogP contribution in [0.25, 0.3) is 0 Å². The summed E-state index contributed by atoms with van der Waals surface area (Å²) < 4.78 is 22.5. The van der Waals surface area contributed by atoms with Crippen LogP contribution < -0.4 is 10.6 Å². The Morgan fingerprint density at radius 2 is 2.00 bits per heavy atom. The number of rotatable bonds is 3. The average molecular weight is 268 g/mol. The Hall–Kier alpha value is -1.56. The van der Waals surface area contributed by atoms with Crippen LogP contribution in [0.2, 0.25) is 0 Å². The summed E-state index contributed by atoms with van der Waals surface area (Å²) in [5, 5.41) is 5.38. The largest absolute Gasteiger partial charge is 0.338 e. The third-order valence-corrected chi connectivity index (χ3v) is 4.75. The summed E-state index contributed by atoms with van der Waals surface area (Å²) in [6.07, 6.45) is 0.633. The molecule has 6 heteroatoms. The number of amides is 2. The zero-order valence-corrected chi connectivity index (χ0v) is 10.7. The number of para-hydroxylation sites is 1. The van der Waals surface area contributed by atoms with E-state index in [-0.39, 0.29) is 23.5 Å². The van der Waals surface area contributed by atoms with Crippen LogP contribution in [0.15, 0.2) is 30.3 Å². The van der Waals surface area contributed by atoms with Crippen LogP contribution in [-0.2, 0) is 9.84 Å². The van der Waals surface area contributed by atoms with Crippen molar-refractivity contribution >= 4 is 21.6 Å². The van der Waals surface area contributed by atoms with Gasteiger partial charge < -0.3 is 10.6 Å². The van der Waals surface area contributed by atoms with Gasteiger partial charge in [0, 0.05) is 12.2 Å². The molecule has 5 nitrogen and oxygen atoms in total. The number of hydrogen-bond donors (Lipinski definition) is 2. The second-order valence-electron chi connectivity index (χ2n) is 4.47. The molecule has 98 valence electrons. The second kappa shape index (κ2) is 5.39. The van der Waals surface area contributed by atoms with E-state index in [4.69, 9.17) is 0 Å². The van der Waals surface area contributed by atoms with Crippen molar-refractivity contribution in [3.8, 4) is 0 Å². The molecule has 0 unspecified atom stereocenters. The van der Waals surface area contributed by atoms with Crippen LogP contribution in [0.3, 0.4) is 0 Å². The third kappa shape index (κ3) is 3.73. The van der Waals surface area contributed by atoms with Crippen LogP contribution in [-0.4, -0.2) is 32.5 Å². The number of anilines is 1. The number of sulfone groups is 1. The van der Waals surface area contributed by atoms with E-state index in [9.17, 15) is 13.2 Å². The highest BCUT2D eigenvalue weighted by molar-refractivity contribution is 7.91. The van der Waals surface area contributed by atoms with Crippen molar-refractivity contribution < 1.29 is 13.2 Å². The van der Waals surface area contributed by atoms with Crippen molar-refractivity contribution in [2.45, 2.75) is 6.42 Å². The molecule has 1 heterocycles. The lowest BCUT2D eigenvalue weighted by Crippen LogP contribution is -2.33. The van der Waals surface area contributed by atoms with Crippen LogP contribution in [0.5, 0.6) is 0 Å². The van der Waals surface area contributed by atoms with E-state index in [2.05, 4.69) is 10.6 Å². The summed E-state index contributed by atoms with van der Waals surface area (Å²) >= 11 is 0. The lowest BCUT2D eigenvalue weighted by atomic mass is 10.1. The number of benzene rings is 1. The molecule has 2 rings (SSSR count). The highest BCUT2D eigenvalue weighted by atomic mass is 32.2. The number of nitrogens with one attached hydrogen (secondary N) is 2. The minimum absolute atomic E-state index is 0.0384. The highest BCUT2D eigenvalue weighted by Crippen LogP contribution is 2.17. The van der Waals surface area contributed by atoms with E-state index in [1.807, 2.05) is 18.2 Å². The summed E-state index contributed by atoms with van der Waals surface area (Å²) in [7, 11) is -2.87. The van der Waals surface area contributed by atoms with Crippen molar-refractivity contribution in [1.29, 1.82) is 0 Å². The third-order valence-electron chi connectivity index (χ3n) is 2.91. The molecule has 1 aromatic rings. The lowest BCUT2D eigenvalue weighted by Gasteiger charge is -2.10. The van der Waals surface area contributed by atoms with Crippen molar-refractivity contribution in [3.63, 3.8) is 0 Å². The molecule has 1 atom stereocenters. The Morgan fingerprint density at radius 1 is 1.28 bits per heavy atom. The highest BCUT2D eigenvalue weighted by Gasteiger charge is 2.27. The molecule has 0 spiro atoms. The maximum absolute atomic E-state index is 11.6. The first-order valence-corrected chi connectivity index (χ1v) is 7.68. The van der Waals surface area contributed by atoms with Gasteiger partial charge in [0.2, 0.25) is 0 Å². The Morgan fingerprint density at radius 3 is 2.61 bits per heavy atom. The summed E-state index contributed by atoms with van der Waals surface area (Å²) in [4.78, 5) is 11.6. The van der Waals surface area contributed by atoms with E-state index in [1.165, 1.54) is 0 Å². The molecule has 2 N–H and O–H groups in total. The fraction of sp³-hybridized carbons (Fsp3) is 0.417. The molecule has 1 fully saturated rings. The van der Waals surface area contributed by atoms with E-state index in [0.29, 0.717) is 18.7 Å². The molecule has 0 radical (unpaired) electrons. The van der Waals surface area contributed by atoms with E-state index in [0.717, 1.165) is 0 Å². The maximum atomic E-state index is 11.6. The van der Waals surface area contributed by atoms with E-state index in [1.54, 1.807) is 12.1 Å². The topological polar surface area (TPSA) is 75.3 Å². The smallest absolute Gasteiger partial charge is 0.319 e. The summed E-state index contributed by atoms with van der Waals surface area (Å²) in [6, 6.07) is 8.81. The van der Waals surface area contributed by atoms with Gasteiger partial charge in [0.25, 0.3) is 0 Å². The predicted molar refractivity (Wildman–Crippen MR) is 70.2 cm³/mol. The first-order chi connectivity index (χ1) is 8.55. The molecule has 18 heavy (non-hydrogen) atoms. The van der Waals surface area contributed by atoms with E-state index >= 15 is 0 Å². The van der Waals surface area contributed by atoms with Gasteiger partial charge in [-0.1, -0.05) is 18.2 Å². The molecule has 2 amide bonds.